The summed E-state index contributed by atoms with van der Waals surface area (Å²) in [5.74, 6) is 1.79. The minimum absolute atomic E-state index is 0.589. The van der Waals surface area contributed by atoms with Gasteiger partial charge in [0.1, 0.15) is 11.2 Å². The van der Waals surface area contributed by atoms with Gasteiger partial charge in [0.15, 0.2) is 17.5 Å². The number of benzene rings is 9. The molecule has 5 heteroatoms. The zero-order valence-corrected chi connectivity index (χ0v) is 31.2. The molecule has 0 aliphatic carbocycles. The van der Waals surface area contributed by atoms with Gasteiger partial charge in [0, 0.05) is 49.0 Å². The lowest BCUT2D eigenvalue weighted by Gasteiger charge is -2.16. The molecule has 3 heterocycles. The second kappa shape index (κ2) is 12.8. The molecule has 58 heavy (non-hydrogen) atoms. The third-order valence-corrected chi connectivity index (χ3v) is 11.4. The fourth-order valence-electron chi connectivity index (χ4n) is 8.84. The Labute approximate surface area is 333 Å². The molecular formula is C53H32N4O. The average Bonchev–Trinajstić information content (AvgIpc) is 3.85. The molecule has 0 bridgehead atoms. The van der Waals surface area contributed by atoms with Gasteiger partial charge >= 0.3 is 0 Å². The summed E-state index contributed by atoms with van der Waals surface area (Å²) in [6.45, 7) is 0. The van der Waals surface area contributed by atoms with E-state index in [1.807, 2.05) is 48.5 Å². The van der Waals surface area contributed by atoms with Gasteiger partial charge in [-0.3, -0.25) is 0 Å². The summed E-state index contributed by atoms with van der Waals surface area (Å²) in [7, 11) is 0. The number of furan rings is 1. The number of hydrogen-bond acceptors (Lipinski definition) is 4. The highest BCUT2D eigenvalue weighted by Crippen LogP contribution is 2.44. The first-order chi connectivity index (χ1) is 28.8. The molecule has 0 aliphatic rings. The van der Waals surface area contributed by atoms with E-state index in [9.17, 15) is 0 Å². The molecule has 0 saturated heterocycles. The highest BCUT2D eigenvalue weighted by atomic mass is 16.3. The number of fused-ring (bicyclic) bond motifs is 9. The standard InChI is InChI=1S/C53H32N4O/c1-3-15-33(16-4-1)39-24-13-26-44-48(39)42-30-29-34-17-7-10-22-40(34)50(42)57(44)45-32-37(31-36-20-8-9-21-38(36)45)52-54-51(35-18-5-2-6-19-35)55-53(56-52)43-25-14-28-47-49(43)41-23-11-12-27-46(41)58-47/h1-32H. The molecule has 0 spiro atoms. The van der Waals surface area contributed by atoms with E-state index in [4.69, 9.17) is 19.4 Å². The van der Waals surface area contributed by atoms with Crippen LogP contribution in [0.5, 0.6) is 0 Å². The van der Waals surface area contributed by atoms with Crippen molar-refractivity contribution in [1.29, 1.82) is 0 Å². The normalized spacial score (nSPS) is 11.8. The van der Waals surface area contributed by atoms with Crippen LogP contribution in [-0.2, 0) is 0 Å². The van der Waals surface area contributed by atoms with E-state index < -0.39 is 0 Å². The summed E-state index contributed by atoms with van der Waals surface area (Å²) in [6.07, 6.45) is 0. The van der Waals surface area contributed by atoms with Gasteiger partial charge in [0.2, 0.25) is 0 Å². The summed E-state index contributed by atoms with van der Waals surface area (Å²) < 4.78 is 8.78. The van der Waals surface area contributed by atoms with Crippen LogP contribution in [0.4, 0.5) is 0 Å². The molecule has 12 aromatic rings. The van der Waals surface area contributed by atoms with Crippen molar-refractivity contribution in [3.05, 3.63) is 194 Å². The first kappa shape index (κ1) is 32.4. The molecule has 0 aliphatic heterocycles. The van der Waals surface area contributed by atoms with Crippen molar-refractivity contribution in [3.63, 3.8) is 0 Å². The zero-order chi connectivity index (χ0) is 38.2. The maximum atomic E-state index is 6.31. The van der Waals surface area contributed by atoms with Gasteiger partial charge in [-0.15, -0.1) is 0 Å². The molecule has 9 aromatic carbocycles. The number of rotatable bonds is 5. The van der Waals surface area contributed by atoms with Crippen LogP contribution in [0.3, 0.4) is 0 Å². The number of para-hydroxylation sites is 1. The fourth-order valence-corrected chi connectivity index (χ4v) is 8.84. The SMILES string of the molecule is c1ccc(-c2nc(-c3cc(-n4c5cccc(-c6ccccc6)c5c5ccc6ccccc6c54)c4ccccc4c3)nc(-c3cccc4oc5ccccc5c34)n2)cc1. The lowest BCUT2D eigenvalue weighted by atomic mass is 9.98. The molecule has 0 amide bonds. The smallest absolute Gasteiger partial charge is 0.164 e. The third-order valence-electron chi connectivity index (χ3n) is 11.4. The van der Waals surface area contributed by atoms with Crippen LogP contribution in [0, 0.1) is 0 Å². The molecule has 5 nitrogen and oxygen atoms in total. The lowest BCUT2D eigenvalue weighted by molar-refractivity contribution is 0.669. The average molecular weight is 741 g/mol. The molecule has 270 valence electrons. The summed E-state index contributed by atoms with van der Waals surface area (Å²) in [4.78, 5) is 15.7. The predicted octanol–water partition coefficient (Wildman–Crippen LogP) is 13.8. The third kappa shape index (κ3) is 5.00. The van der Waals surface area contributed by atoms with E-state index >= 15 is 0 Å². The van der Waals surface area contributed by atoms with Crippen LogP contribution >= 0.6 is 0 Å². The highest BCUT2D eigenvalue weighted by molar-refractivity contribution is 6.23. The molecule has 0 N–H and O–H groups in total. The Balaban J connectivity index is 1.18. The minimum Gasteiger partial charge on any atom is -0.456 e. The Morgan fingerprint density at radius 2 is 0.983 bits per heavy atom. The van der Waals surface area contributed by atoms with E-state index in [2.05, 4.69) is 150 Å². The van der Waals surface area contributed by atoms with Crippen molar-refractivity contribution in [2.24, 2.45) is 0 Å². The van der Waals surface area contributed by atoms with Gasteiger partial charge in [0.25, 0.3) is 0 Å². The molecule has 3 aromatic heterocycles. The van der Waals surface area contributed by atoms with Crippen LogP contribution < -0.4 is 0 Å². The van der Waals surface area contributed by atoms with Crippen molar-refractivity contribution >= 4 is 65.3 Å². The molecule has 0 saturated carbocycles. The molecule has 0 unspecified atom stereocenters. The molecule has 0 radical (unpaired) electrons. The first-order valence-corrected chi connectivity index (χ1v) is 19.5. The van der Waals surface area contributed by atoms with Gasteiger partial charge in [-0.05, 0) is 52.2 Å². The van der Waals surface area contributed by atoms with E-state index in [0.717, 1.165) is 60.6 Å². The Morgan fingerprint density at radius 3 is 1.81 bits per heavy atom. The Hall–Kier alpha value is -7.89. The minimum atomic E-state index is 0.589. The van der Waals surface area contributed by atoms with E-state index in [-0.39, 0.29) is 0 Å². The molecule has 0 fully saturated rings. The summed E-state index contributed by atoms with van der Waals surface area (Å²) in [6, 6.07) is 68.1. The van der Waals surface area contributed by atoms with Gasteiger partial charge in [-0.25, -0.2) is 15.0 Å². The number of nitrogens with zero attached hydrogens (tertiary/aromatic N) is 4. The summed E-state index contributed by atoms with van der Waals surface area (Å²) in [5, 5.41) is 9.05. The van der Waals surface area contributed by atoms with Gasteiger partial charge in [0.05, 0.1) is 16.7 Å². The molecule has 0 atom stereocenters. The second-order valence-corrected chi connectivity index (χ2v) is 14.7. The van der Waals surface area contributed by atoms with Crippen LogP contribution in [0.2, 0.25) is 0 Å². The summed E-state index contributed by atoms with van der Waals surface area (Å²) in [5.41, 5.74) is 10.1. The molecular weight excluding hydrogens is 709 g/mol. The Bertz CT molecular complexity index is 3570. The second-order valence-electron chi connectivity index (χ2n) is 14.7. The highest BCUT2D eigenvalue weighted by Gasteiger charge is 2.22. The van der Waals surface area contributed by atoms with Crippen molar-refractivity contribution in [2.75, 3.05) is 0 Å². The zero-order valence-electron chi connectivity index (χ0n) is 31.2. The predicted molar refractivity (Wildman–Crippen MR) is 238 cm³/mol. The maximum absolute atomic E-state index is 6.31. The van der Waals surface area contributed by atoms with Gasteiger partial charge < -0.3 is 8.98 Å². The van der Waals surface area contributed by atoms with E-state index in [1.165, 1.54) is 38.2 Å². The Morgan fingerprint density at radius 1 is 0.362 bits per heavy atom. The topological polar surface area (TPSA) is 56.7 Å². The monoisotopic (exact) mass is 740 g/mol. The van der Waals surface area contributed by atoms with Gasteiger partial charge in [-0.1, -0.05) is 164 Å². The summed E-state index contributed by atoms with van der Waals surface area (Å²) >= 11 is 0. The number of aromatic nitrogens is 4. The van der Waals surface area contributed by atoms with Crippen LogP contribution in [0.15, 0.2) is 199 Å². The van der Waals surface area contributed by atoms with Gasteiger partial charge in [-0.2, -0.15) is 0 Å². The van der Waals surface area contributed by atoms with Crippen LogP contribution in [-0.4, -0.2) is 19.5 Å². The quantitative estimate of drug-likeness (QED) is 0.176. The Kier molecular flexibility index (Phi) is 7.16. The molecule has 12 rings (SSSR count). The van der Waals surface area contributed by atoms with E-state index in [0.29, 0.717) is 17.5 Å². The van der Waals surface area contributed by atoms with E-state index in [1.54, 1.807) is 0 Å². The van der Waals surface area contributed by atoms with Crippen molar-refractivity contribution in [3.8, 4) is 51.0 Å². The maximum Gasteiger partial charge on any atom is 0.164 e. The fraction of sp³-hybridized carbons (Fsp3) is 0. The van der Waals surface area contributed by atoms with Crippen molar-refractivity contribution in [2.45, 2.75) is 0 Å². The van der Waals surface area contributed by atoms with Crippen LogP contribution in [0.1, 0.15) is 0 Å². The first-order valence-electron chi connectivity index (χ1n) is 19.5. The largest absolute Gasteiger partial charge is 0.456 e. The van der Waals surface area contributed by atoms with Crippen LogP contribution in [0.25, 0.3) is 116 Å². The lowest BCUT2D eigenvalue weighted by Crippen LogP contribution is -2.02. The van der Waals surface area contributed by atoms with Crippen molar-refractivity contribution < 1.29 is 4.42 Å². The van der Waals surface area contributed by atoms with Crippen molar-refractivity contribution in [1.82, 2.24) is 19.5 Å². The number of hydrogen-bond donors (Lipinski definition) is 0.